The van der Waals surface area contributed by atoms with Crippen LogP contribution in [0, 0.1) is 0 Å². The van der Waals surface area contributed by atoms with Crippen molar-refractivity contribution < 1.29 is 4.74 Å². The van der Waals surface area contributed by atoms with Gasteiger partial charge in [-0.05, 0) is 25.7 Å². The Hall–Kier alpha value is -0.0000000000000000555. The number of nitrogens with zero attached hydrogens (tertiary/aromatic N) is 2. The fourth-order valence-corrected chi connectivity index (χ4v) is 3.15. The summed E-state index contributed by atoms with van der Waals surface area (Å²) in [6, 6.07) is 0. The van der Waals surface area contributed by atoms with E-state index in [4.69, 9.17) is 4.74 Å². The van der Waals surface area contributed by atoms with Crippen LogP contribution in [0.4, 0.5) is 0 Å². The molecule has 1 aliphatic heterocycles. The third-order valence-corrected chi connectivity index (χ3v) is 5.23. The molecule has 1 aromatic rings. The maximum Gasteiger partial charge on any atom is 0.131 e. The molecule has 16 heavy (non-hydrogen) atoms. The lowest BCUT2D eigenvalue weighted by Gasteiger charge is -2.21. The molecule has 0 spiro atoms. The van der Waals surface area contributed by atoms with Gasteiger partial charge in [-0.2, -0.15) is 0 Å². The van der Waals surface area contributed by atoms with Crippen LogP contribution in [0.1, 0.15) is 47.4 Å². The molecule has 90 valence electrons. The normalized spacial score (nSPS) is 23.2. The van der Waals surface area contributed by atoms with Crippen molar-refractivity contribution in [1.29, 1.82) is 0 Å². The second-order valence-corrected chi connectivity index (χ2v) is 6.30. The van der Waals surface area contributed by atoms with Gasteiger partial charge in [0.25, 0.3) is 0 Å². The number of rotatable bonds is 4. The zero-order valence-electron chi connectivity index (χ0n) is 9.49. The zero-order valence-corrected chi connectivity index (χ0v) is 11.9. The molecule has 1 fully saturated rings. The molecule has 2 unspecified atom stereocenters. The maximum absolute atomic E-state index is 5.71. The standard InChI is InChI=1S/C11H17BrN2OS/c1-2-9(12)11-14-13-10(16-11)7-8-5-3-4-6-15-8/h8-9H,2-7H2,1H3. The van der Waals surface area contributed by atoms with E-state index in [1.54, 1.807) is 11.3 Å². The van der Waals surface area contributed by atoms with Gasteiger partial charge >= 0.3 is 0 Å². The predicted octanol–water partition coefficient (Wildman–Crippen LogP) is 3.50. The van der Waals surface area contributed by atoms with Crippen LogP contribution in [0.25, 0.3) is 0 Å². The number of halogens is 1. The minimum Gasteiger partial charge on any atom is -0.378 e. The molecule has 3 nitrogen and oxygen atoms in total. The summed E-state index contributed by atoms with van der Waals surface area (Å²) < 4.78 is 5.71. The van der Waals surface area contributed by atoms with Gasteiger partial charge in [-0.3, -0.25) is 0 Å². The number of alkyl halides is 1. The van der Waals surface area contributed by atoms with E-state index in [-0.39, 0.29) is 0 Å². The van der Waals surface area contributed by atoms with E-state index in [0.717, 1.165) is 29.5 Å². The van der Waals surface area contributed by atoms with Gasteiger partial charge in [0.2, 0.25) is 0 Å². The van der Waals surface area contributed by atoms with E-state index in [9.17, 15) is 0 Å². The molecule has 2 heterocycles. The number of ether oxygens (including phenoxy) is 1. The average molecular weight is 305 g/mol. The van der Waals surface area contributed by atoms with Crippen LogP contribution in [0.5, 0.6) is 0 Å². The van der Waals surface area contributed by atoms with Crippen LogP contribution in [0.2, 0.25) is 0 Å². The second-order valence-electron chi connectivity index (χ2n) is 4.10. The highest BCUT2D eigenvalue weighted by molar-refractivity contribution is 9.09. The van der Waals surface area contributed by atoms with Crippen LogP contribution in [-0.4, -0.2) is 22.9 Å². The summed E-state index contributed by atoms with van der Waals surface area (Å²) in [5, 5.41) is 10.7. The first-order valence-corrected chi connectivity index (χ1v) is 7.60. The van der Waals surface area contributed by atoms with E-state index >= 15 is 0 Å². The molecule has 1 aromatic heterocycles. The van der Waals surface area contributed by atoms with Crippen LogP contribution in [-0.2, 0) is 11.2 Å². The fraction of sp³-hybridized carbons (Fsp3) is 0.818. The summed E-state index contributed by atoms with van der Waals surface area (Å²) in [4.78, 5) is 0.353. The van der Waals surface area contributed by atoms with Gasteiger partial charge in [-0.25, -0.2) is 0 Å². The quantitative estimate of drug-likeness (QED) is 0.799. The molecule has 0 aliphatic carbocycles. The summed E-state index contributed by atoms with van der Waals surface area (Å²) >= 11 is 5.31. The molecule has 2 rings (SSSR count). The molecule has 0 N–H and O–H groups in total. The summed E-state index contributed by atoms with van der Waals surface area (Å²) in [6.45, 7) is 3.05. The topological polar surface area (TPSA) is 35.0 Å². The van der Waals surface area contributed by atoms with Crippen molar-refractivity contribution in [1.82, 2.24) is 10.2 Å². The summed E-state index contributed by atoms with van der Waals surface area (Å²) in [5.74, 6) is 0. The summed E-state index contributed by atoms with van der Waals surface area (Å²) in [7, 11) is 0. The Morgan fingerprint density at radius 2 is 2.38 bits per heavy atom. The maximum atomic E-state index is 5.71. The van der Waals surface area contributed by atoms with Crippen molar-refractivity contribution in [3.63, 3.8) is 0 Å². The van der Waals surface area contributed by atoms with Gasteiger partial charge in [-0.15, -0.1) is 21.5 Å². The molecule has 0 aromatic carbocycles. The highest BCUT2D eigenvalue weighted by atomic mass is 79.9. The Kier molecular flexibility index (Phi) is 4.73. The van der Waals surface area contributed by atoms with Gasteiger partial charge in [0.1, 0.15) is 10.0 Å². The smallest absolute Gasteiger partial charge is 0.131 e. The van der Waals surface area contributed by atoms with Crippen molar-refractivity contribution in [2.24, 2.45) is 0 Å². The molecular weight excluding hydrogens is 288 g/mol. The molecule has 1 aliphatic rings. The van der Waals surface area contributed by atoms with Crippen molar-refractivity contribution >= 4 is 27.3 Å². The van der Waals surface area contributed by atoms with Crippen molar-refractivity contribution in [3.05, 3.63) is 10.0 Å². The van der Waals surface area contributed by atoms with E-state index in [1.807, 2.05) is 0 Å². The zero-order chi connectivity index (χ0) is 11.4. The first kappa shape index (κ1) is 12.5. The Labute approximate surface area is 109 Å². The lowest BCUT2D eigenvalue weighted by Crippen LogP contribution is -2.21. The Morgan fingerprint density at radius 1 is 1.50 bits per heavy atom. The van der Waals surface area contributed by atoms with Gasteiger partial charge in [0.15, 0.2) is 0 Å². The molecule has 5 heteroatoms. The average Bonchev–Trinajstić information content (AvgIpc) is 2.78. The Bertz CT molecular complexity index is 326. The molecule has 0 amide bonds. The molecule has 0 bridgehead atoms. The van der Waals surface area contributed by atoms with Crippen LogP contribution in [0.3, 0.4) is 0 Å². The minimum atomic E-state index is 0.353. The van der Waals surface area contributed by atoms with E-state index in [1.165, 1.54) is 19.3 Å². The molecule has 2 atom stereocenters. The highest BCUT2D eigenvalue weighted by Gasteiger charge is 2.18. The number of aromatic nitrogens is 2. The van der Waals surface area contributed by atoms with Crippen LogP contribution < -0.4 is 0 Å². The summed E-state index contributed by atoms with van der Waals surface area (Å²) in [6.07, 6.45) is 6.00. The van der Waals surface area contributed by atoms with Gasteiger partial charge in [0.05, 0.1) is 10.9 Å². The van der Waals surface area contributed by atoms with Crippen molar-refractivity contribution in [3.8, 4) is 0 Å². The predicted molar refractivity (Wildman–Crippen MR) is 69.2 cm³/mol. The van der Waals surface area contributed by atoms with Gasteiger partial charge < -0.3 is 4.74 Å². The third-order valence-electron chi connectivity index (χ3n) is 2.79. The van der Waals surface area contributed by atoms with Crippen LogP contribution in [0.15, 0.2) is 0 Å². The molecular formula is C11H17BrN2OS. The Balaban J connectivity index is 1.91. The van der Waals surface area contributed by atoms with Crippen molar-refractivity contribution in [2.75, 3.05) is 6.61 Å². The second kappa shape index (κ2) is 6.07. The van der Waals surface area contributed by atoms with E-state index in [0.29, 0.717) is 10.9 Å². The largest absolute Gasteiger partial charge is 0.378 e. The van der Waals surface area contributed by atoms with Crippen LogP contribution >= 0.6 is 27.3 Å². The first-order chi connectivity index (χ1) is 7.79. The Morgan fingerprint density at radius 3 is 3.06 bits per heavy atom. The van der Waals surface area contributed by atoms with Crippen molar-refractivity contribution in [2.45, 2.75) is 50.0 Å². The summed E-state index contributed by atoms with van der Waals surface area (Å²) in [5.41, 5.74) is 0. The fourth-order valence-electron chi connectivity index (χ4n) is 1.81. The monoisotopic (exact) mass is 304 g/mol. The van der Waals surface area contributed by atoms with E-state index < -0.39 is 0 Å². The lowest BCUT2D eigenvalue weighted by molar-refractivity contribution is 0.0167. The first-order valence-electron chi connectivity index (χ1n) is 5.87. The molecule has 1 saturated heterocycles. The molecule has 0 radical (unpaired) electrons. The van der Waals surface area contributed by atoms with Gasteiger partial charge in [-0.1, -0.05) is 22.9 Å². The van der Waals surface area contributed by atoms with E-state index in [2.05, 4.69) is 33.1 Å². The highest BCUT2D eigenvalue weighted by Crippen LogP contribution is 2.29. The lowest BCUT2D eigenvalue weighted by atomic mass is 10.1. The number of hydrogen-bond acceptors (Lipinski definition) is 4. The minimum absolute atomic E-state index is 0.353. The third kappa shape index (κ3) is 3.25. The molecule has 0 saturated carbocycles. The SMILES string of the molecule is CCC(Br)c1nnc(CC2CCCCO2)s1. The van der Waals surface area contributed by atoms with Gasteiger partial charge in [0, 0.05) is 13.0 Å². The number of hydrogen-bond donors (Lipinski definition) is 0.